The minimum absolute atomic E-state index is 0.0103. The lowest BCUT2D eigenvalue weighted by atomic mass is 9.44. The largest absolute Gasteiger partial charge is 0.491 e. The Morgan fingerprint density at radius 2 is 1.57 bits per heavy atom. The zero-order valence-electron chi connectivity index (χ0n) is 18.6. The number of anilines is 1. The third-order valence-electron chi connectivity index (χ3n) is 6.03. The van der Waals surface area contributed by atoms with Crippen molar-refractivity contribution in [2.24, 2.45) is 0 Å². The van der Waals surface area contributed by atoms with Crippen LogP contribution in [0.4, 0.5) is 19.1 Å². The number of ether oxygens (including phenoxy) is 2. The molecule has 3 aliphatic carbocycles. The van der Waals surface area contributed by atoms with Gasteiger partial charge in [-0.05, 0) is 73.0 Å². The summed E-state index contributed by atoms with van der Waals surface area (Å²) in [5.41, 5.74) is -0.422. The molecule has 2 bridgehead atoms. The van der Waals surface area contributed by atoms with Crippen LogP contribution in [0.25, 0.3) is 11.5 Å². The molecule has 14 heteroatoms. The predicted octanol–water partition coefficient (Wildman–Crippen LogP) is 4.76. The minimum atomic E-state index is -5.30. The third kappa shape index (κ3) is 5.30. The Kier molecular flexibility index (Phi) is 6.19. The SMILES string of the molecule is O=C(NC12CC(Nc3noc(-c4ccc(Cl)cc4)n3)(C1)C2)C(OC(=O)C(F)(F)F)Oc1ccc(Cl)cc1. The third-order valence-corrected chi connectivity index (χ3v) is 6.53. The van der Waals surface area contributed by atoms with Gasteiger partial charge in [-0.15, -0.1) is 0 Å². The van der Waals surface area contributed by atoms with Crippen molar-refractivity contribution in [1.82, 2.24) is 15.5 Å². The van der Waals surface area contributed by atoms with Crippen LogP contribution in [0.3, 0.4) is 0 Å². The van der Waals surface area contributed by atoms with E-state index in [0.29, 0.717) is 40.8 Å². The highest BCUT2D eigenvalue weighted by molar-refractivity contribution is 6.30. The molecule has 0 saturated heterocycles. The normalized spacial score (nSPS) is 22.7. The van der Waals surface area contributed by atoms with Crippen molar-refractivity contribution in [3.8, 4) is 17.2 Å². The Bertz CT molecular complexity index is 1310. The molecular weight excluding hydrogens is 540 g/mol. The van der Waals surface area contributed by atoms with Gasteiger partial charge in [0.1, 0.15) is 5.75 Å². The second-order valence-electron chi connectivity index (χ2n) is 8.94. The van der Waals surface area contributed by atoms with Crippen LogP contribution in [0.2, 0.25) is 10.0 Å². The van der Waals surface area contributed by atoms with Crippen molar-refractivity contribution < 1.29 is 36.8 Å². The van der Waals surface area contributed by atoms with Crippen molar-refractivity contribution in [2.75, 3.05) is 5.32 Å². The molecular formula is C23H17Cl2F3N4O5. The number of nitrogens with one attached hydrogen (secondary N) is 2. The number of carbonyl (C=O) groups is 2. The lowest BCUT2D eigenvalue weighted by molar-refractivity contribution is -0.217. The van der Waals surface area contributed by atoms with Crippen molar-refractivity contribution in [3.05, 3.63) is 58.6 Å². The van der Waals surface area contributed by atoms with E-state index in [1.54, 1.807) is 24.3 Å². The molecule has 0 radical (unpaired) electrons. The molecule has 194 valence electrons. The topological polar surface area (TPSA) is 116 Å². The number of halogens is 5. The minimum Gasteiger partial charge on any atom is -0.446 e. The van der Waals surface area contributed by atoms with E-state index in [4.69, 9.17) is 32.5 Å². The summed E-state index contributed by atoms with van der Waals surface area (Å²) in [6.07, 6.45) is -6.14. The molecule has 1 aromatic heterocycles. The van der Waals surface area contributed by atoms with Gasteiger partial charge in [0, 0.05) is 26.7 Å². The molecule has 0 spiro atoms. The zero-order valence-corrected chi connectivity index (χ0v) is 20.2. The van der Waals surface area contributed by atoms with Crippen LogP contribution in [0.5, 0.6) is 5.75 Å². The Balaban J connectivity index is 1.20. The van der Waals surface area contributed by atoms with Gasteiger partial charge in [-0.25, -0.2) is 4.79 Å². The molecule has 9 nitrogen and oxygen atoms in total. The molecule has 3 fully saturated rings. The Hall–Kier alpha value is -3.51. The van der Waals surface area contributed by atoms with E-state index in [-0.39, 0.29) is 11.7 Å². The van der Waals surface area contributed by atoms with Crippen LogP contribution in [0, 0.1) is 0 Å². The standard InChI is InChI=1S/C23H17Cl2F3N4O5/c24-13-3-1-12(2-4-13)17-29-20(32-37-17)31-22-9-21(10-22,11-22)30-16(33)18(36-19(34)23(26,27)28)35-15-7-5-14(25)6-8-15/h1-8,18H,9-11H2,(H,30,33)(H,31,32). The highest BCUT2D eigenvalue weighted by Crippen LogP contribution is 2.61. The predicted molar refractivity (Wildman–Crippen MR) is 124 cm³/mol. The number of rotatable bonds is 8. The van der Waals surface area contributed by atoms with Gasteiger partial charge in [-0.3, -0.25) is 4.79 Å². The Labute approximate surface area is 217 Å². The Morgan fingerprint density at radius 3 is 2.16 bits per heavy atom. The van der Waals surface area contributed by atoms with E-state index in [1.165, 1.54) is 24.3 Å². The van der Waals surface area contributed by atoms with Gasteiger partial charge < -0.3 is 24.6 Å². The second-order valence-corrected chi connectivity index (χ2v) is 9.81. The van der Waals surface area contributed by atoms with Crippen LogP contribution in [-0.4, -0.2) is 45.6 Å². The second kappa shape index (κ2) is 9.10. The van der Waals surface area contributed by atoms with Crippen molar-refractivity contribution in [3.63, 3.8) is 0 Å². The fourth-order valence-corrected chi connectivity index (χ4v) is 4.78. The van der Waals surface area contributed by atoms with Gasteiger partial charge in [0.05, 0.1) is 0 Å². The number of nitrogens with zero attached hydrogens (tertiary/aromatic N) is 2. The van der Waals surface area contributed by atoms with Crippen LogP contribution in [0.15, 0.2) is 53.1 Å². The summed E-state index contributed by atoms with van der Waals surface area (Å²) in [6, 6.07) is 12.3. The van der Waals surface area contributed by atoms with Gasteiger partial charge in [-0.2, -0.15) is 18.2 Å². The summed E-state index contributed by atoms with van der Waals surface area (Å²) in [6.45, 7) is 0. The molecule has 6 rings (SSSR count). The fraction of sp³-hybridized carbons (Fsp3) is 0.304. The van der Waals surface area contributed by atoms with Crippen molar-refractivity contribution in [1.29, 1.82) is 0 Å². The van der Waals surface area contributed by atoms with E-state index >= 15 is 0 Å². The summed E-state index contributed by atoms with van der Waals surface area (Å²) in [5.74, 6) is -3.03. The van der Waals surface area contributed by atoms with Crippen LogP contribution in [-0.2, 0) is 14.3 Å². The molecule has 2 aromatic carbocycles. The van der Waals surface area contributed by atoms with Crippen LogP contribution >= 0.6 is 23.2 Å². The molecule has 1 heterocycles. The summed E-state index contributed by atoms with van der Waals surface area (Å²) in [4.78, 5) is 28.5. The van der Waals surface area contributed by atoms with Crippen molar-refractivity contribution >= 4 is 41.0 Å². The van der Waals surface area contributed by atoms with Crippen LogP contribution in [0.1, 0.15) is 19.3 Å². The van der Waals surface area contributed by atoms with E-state index in [2.05, 4.69) is 25.5 Å². The average Bonchev–Trinajstić information content (AvgIpc) is 3.26. The number of amides is 1. The number of esters is 1. The number of hydrogen-bond acceptors (Lipinski definition) is 8. The molecule has 1 unspecified atom stereocenters. The first-order valence-electron chi connectivity index (χ1n) is 10.8. The number of carbonyl (C=O) groups excluding carboxylic acids is 2. The highest BCUT2D eigenvalue weighted by atomic mass is 35.5. The van der Waals surface area contributed by atoms with E-state index < -0.39 is 35.4 Å². The van der Waals surface area contributed by atoms with Gasteiger partial charge >= 0.3 is 24.3 Å². The van der Waals surface area contributed by atoms with Gasteiger partial charge in [0.15, 0.2) is 0 Å². The molecule has 3 saturated carbocycles. The maximum atomic E-state index is 12.8. The first-order valence-corrected chi connectivity index (χ1v) is 11.6. The molecule has 37 heavy (non-hydrogen) atoms. The lowest BCUT2D eigenvalue weighted by Crippen LogP contribution is -2.82. The maximum absolute atomic E-state index is 12.8. The van der Waals surface area contributed by atoms with Crippen molar-refractivity contribution in [2.45, 2.75) is 42.8 Å². The molecule has 0 aliphatic heterocycles. The monoisotopic (exact) mass is 556 g/mol. The summed E-state index contributed by atoms with van der Waals surface area (Å²) in [7, 11) is 0. The van der Waals surface area contributed by atoms with E-state index in [1.807, 2.05) is 0 Å². The average molecular weight is 557 g/mol. The van der Waals surface area contributed by atoms with E-state index in [9.17, 15) is 22.8 Å². The van der Waals surface area contributed by atoms with Gasteiger partial charge in [0.2, 0.25) is 0 Å². The molecule has 2 N–H and O–H groups in total. The van der Waals surface area contributed by atoms with Gasteiger partial charge in [0.25, 0.3) is 11.8 Å². The smallest absolute Gasteiger partial charge is 0.446 e. The number of alkyl halides is 3. The zero-order chi connectivity index (χ0) is 26.4. The molecule has 3 aliphatic rings. The first kappa shape index (κ1) is 25.2. The lowest BCUT2D eigenvalue weighted by Gasteiger charge is -2.70. The number of hydrogen-bond donors (Lipinski definition) is 2. The summed E-state index contributed by atoms with van der Waals surface area (Å²) in [5, 5.41) is 10.6. The molecule has 1 amide bonds. The Morgan fingerprint density at radius 1 is 0.973 bits per heavy atom. The summed E-state index contributed by atoms with van der Waals surface area (Å²) >= 11 is 11.7. The highest BCUT2D eigenvalue weighted by Gasteiger charge is 2.69. The number of benzene rings is 2. The number of aromatic nitrogens is 2. The first-order chi connectivity index (χ1) is 17.4. The molecule has 3 aromatic rings. The van der Waals surface area contributed by atoms with E-state index in [0.717, 1.165) is 0 Å². The fourth-order valence-electron chi connectivity index (χ4n) is 4.53. The quantitative estimate of drug-likeness (QED) is 0.301. The van der Waals surface area contributed by atoms with Crippen LogP contribution < -0.4 is 15.4 Å². The molecule has 1 atom stereocenters. The van der Waals surface area contributed by atoms with Gasteiger partial charge in [-0.1, -0.05) is 23.2 Å². The maximum Gasteiger partial charge on any atom is 0.491 e. The summed E-state index contributed by atoms with van der Waals surface area (Å²) < 4.78 is 53.1.